The average molecular weight is 358 g/mol. The summed E-state index contributed by atoms with van der Waals surface area (Å²) in [6.45, 7) is 2.45. The quantitative estimate of drug-likeness (QED) is 0.639. The fourth-order valence-corrected chi connectivity index (χ4v) is 3.90. The van der Waals surface area contributed by atoms with Crippen LogP contribution in [0.2, 0.25) is 0 Å². The van der Waals surface area contributed by atoms with Crippen molar-refractivity contribution in [3.8, 4) is 0 Å². The van der Waals surface area contributed by atoms with Crippen molar-refractivity contribution in [2.75, 3.05) is 24.5 Å². The first-order valence-electron chi connectivity index (χ1n) is 9.97. The van der Waals surface area contributed by atoms with E-state index >= 15 is 0 Å². The molecule has 0 spiro atoms. The van der Waals surface area contributed by atoms with Crippen LogP contribution in [0.4, 0.5) is 5.82 Å². The Hall–Kier alpha value is -2.11. The van der Waals surface area contributed by atoms with Gasteiger partial charge in [0.05, 0.1) is 0 Å². The van der Waals surface area contributed by atoms with E-state index in [4.69, 9.17) is 0 Å². The first-order valence-corrected chi connectivity index (χ1v) is 9.97. The lowest BCUT2D eigenvalue weighted by Crippen LogP contribution is -2.46. The number of carbonyl (C=O) groups excluding carboxylic acids is 2. The van der Waals surface area contributed by atoms with Crippen LogP contribution in [0.3, 0.4) is 0 Å². The van der Waals surface area contributed by atoms with Crippen LogP contribution in [-0.4, -0.2) is 42.5 Å². The lowest BCUT2D eigenvalue weighted by molar-refractivity contribution is -0.139. The number of rotatable bonds is 4. The van der Waals surface area contributed by atoms with Crippen molar-refractivity contribution in [1.29, 1.82) is 0 Å². The van der Waals surface area contributed by atoms with Crippen LogP contribution in [-0.2, 0) is 9.59 Å². The number of pyridine rings is 1. The fourth-order valence-electron chi connectivity index (χ4n) is 3.90. The van der Waals surface area contributed by atoms with Crippen LogP contribution in [0.1, 0.15) is 51.4 Å². The van der Waals surface area contributed by atoms with E-state index in [1.807, 2.05) is 24.4 Å². The van der Waals surface area contributed by atoms with E-state index in [2.05, 4.69) is 20.5 Å². The molecule has 2 amide bonds. The summed E-state index contributed by atoms with van der Waals surface area (Å²) >= 11 is 0. The average Bonchev–Trinajstić information content (AvgIpc) is 2.96. The minimum atomic E-state index is -0.485. The second kappa shape index (κ2) is 9.55. The monoisotopic (exact) mass is 358 g/mol. The number of nitrogens with zero attached hydrogens (tertiary/aromatic N) is 2. The van der Waals surface area contributed by atoms with E-state index in [9.17, 15) is 9.59 Å². The number of hydrogen-bond donors (Lipinski definition) is 2. The first kappa shape index (κ1) is 18.7. The number of nitrogens with one attached hydrogen (secondary N) is 2. The molecule has 0 aromatic carbocycles. The van der Waals surface area contributed by atoms with Crippen molar-refractivity contribution in [3.63, 3.8) is 0 Å². The van der Waals surface area contributed by atoms with Crippen molar-refractivity contribution < 1.29 is 9.59 Å². The second-order valence-electron chi connectivity index (χ2n) is 7.49. The van der Waals surface area contributed by atoms with Gasteiger partial charge in [-0.15, -0.1) is 0 Å². The van der Waals surface area contributed by atoms with Crippen molar-refractivity contribution in [1.82, 2.24) is 15.6 Å². The highest BCUT2D eigenvalue weighted by molar-refractivity contribution is 6.35. The minimum Gasteiger partial charge on any atom is -0.357 e. The van der Waals surface area contributed by atoms with Crippen LogP contribution < -0.4 is 15.5 Å². The molecule has 0 bridgehead atoms. The molecule has 2 heterocycles. The summed E-state index contributed by atoms with van der Waals surface area (Å²) in [6, 6.07) is 6.12. The molecule has 1 aromatic rings. The maximum Gasteiger partial charge on any atom is 0.309 e. The molecule has 6 nitrogen and oxygen atoms in total. The van der Waals surface area contributed by atoms with Crippen LogP contribution in [0.5, 0.6) is 0 Å². The normalized spacial score (nSPS) is 19.6. The predicted molar refractivity (Wildman–Crippen MR) is 102 cm³/mol. The highest BCUT2D eigenvalue weighted by Gasteiger charge is 2.23. The summed E-state index contributed by atoms with van der Waals surface area (Å²) < 4.78 is 0. The zero-order valence-electron chi connectivity index (χ0n) is 15.5. The van der Waals surface area contributed by atoms with Gasteiger partial charge in [0.15, 0.2) is 0 Å². The number of piperidine rings is 1. The number of anilines is 1. The van der Waals surface area contributed by atoms with E-state index in [0.29, 0.717) is 12.5 Å². The van der Waals surface area contributed by atoms with Gasteiger partial charge in [0.25, 0.3) is 0 Å². The van der Waals surface area contributed by atoms with Crippen LogP contribution in [0, 0.1) is 5.92 Å². The van der Waals surface area contributed by atoms with Crippen molar-refractivity contribution in [3.05, 3.63) is 24.4 Å². The molecule has 1 saturated heterocycles. The Morgan fingerprint density at radius 1 is 1.00 bits per heavy atom. The van der Waals surface area contributed by atoms with Gasteiger partial charge < -0.3 is 15.5 Å². The largest absolute Gasteiger partial charge is 0.357 e. The molecule has 2 fully saturated rings. The van der Waals surface area contributed by atoms with Gasteiger partial charge in [0.2, 0.25) is 0 Å². The number of hydrogen-bond acceptors (Lipinski definition) is 4. The number of carbonyl (C=O) groups is 2. The van der Waals surface area contributed by atoms with Crippen molar-refractivity contribution in [2.45, 2.75) is 57.4 Å². The van der Waals surface area contributed by atoms with Gasteiger partial charge in [-0.2, -0.15) is 0 Å². The van der Waals surface area contributed by atoms with Gasteiger partial charge in [0.1, 0.15) is 5.82 Å². The van der Waals surface area contributed by atoms with Gasteiger partial charge in [-0.1, -0.05) is 31.7 Å². The van der Waals surface area contributed by atoms with E-state index in [1.54, 1.807) is 0 Å². The summed E-state index contributed by atoms with van der Waals surface area (Å²) in [5, 5.41) is 5.73. The summed E-state index contributed by atoms with van der Waals surface area (Å²) in [7, 11) is 0. The molecule has 1 aromatic heterocycles. The molecule has 1 aliphatic heterocycles. The molecule has 2 N–H and O–H groups in total. The van der Waals surface area contributed by atoms with E-state index in [0.717, 1.165) is 57.4 Å². The van der Waals surface area contributed by atoms with E-state index in [1.165, 1.54) is 12.8 Å². The summed E-state index contributed by atoms with van der Waals surface area (Å²) in [4.78, 5) is 30.8. The highest BCUT2D eigenvalue weighted by atomic mass is 16.2. The fraction of sp³-hybridized carbons (Fsp3) is 0.650. The SMILES string of the molecule is O=C(NCC1CCN(c2ccccn2)CC1)C(=O)NC1CCCCCC1. The lowest BCUT2D eigenvalue weighted by atomic mass is 9.97. The van der Waals surface area contributed by atoms with Crippen LogP contribution >= 0.6 is 0 Å². The number of aromatic nitrogens is 1. The Bertz CT molecular complexity index is 577. The summed E-state index contributed by atoms with van der Waals surface area (Å²) in [6.07, 6.45) is 10.5. The van der Waals surface area contributed by atoms with Gasteiger partial charge >= 0.3 is 11.8 Å². The van der Waals surface area contributed by atoms with Crippen molar-refractivity contribution in [2.24, 2.45) is 5.92 Å². The summed E-state index contributed by atoms with van der Waals surface area (Å²) in [5.74, 6) is 0.478. The molecule has 0 atom stereocenters. The minimum absolute atomic E-state index is 0.164. The molecular formula is C20H30N4O2. The molecule has 0 radical (unpaired) electrons. The highest BCUT2D eigenvalue weighted by Crippen LogP contribution is 2.21. The first-order chi connectivity index (χ1) is 12.7. The molecule has 142 valence electrons. The molecule has 3 rings (SSSR count). The van der Waals surface area contributed by atoms with Gasteiger partial charge in [-0.3, -0.25) is 9.59 Å². The Morgan fingerprint density at radius 3 is 2.38 bits per heavy atom. The molecule has 0 unspecified atom stereocenters. The number of amides is 2. The van der Waals surface area contributed by atoms with Crippen LogP contribution in [0.25, 0.3) is 0 Å². The predicted octanol–water partition coefficient (Wildman–Crippen LogP) is 2.25. The van der Waals surface area contributed by atoms with Gasteiger partial charge in [-0.05, 0) is 43.7 Å². The Balaban J connectivity index is 1.36. The maximum atomic E-state index is 12.1. The summed E-state index contributed by atoms with van der Waals surface area (Å²) in [5.41, 5.74) is 0. The molecule has 26 heavy (non-hydrogen) atoms. The lowest BCUT2D eigenvalue weighted by Gasteiger charge is -2.32. The third kappa shape index (κ3) is 5.44. The van der Waals surface area contributed by atoms with E-state index in [-0.39, 0.29) is 6.04 Å². The topological polar surface area (TPSA) is 74.3 Å². The maximum absolute atomic E-state index is 12.1. The second-order valence-corrected chi connectivity index (χ2v) is 7.49. The van der Waals surface area contributed by atoms with Gasteiger partial charge in [0, 0.05) is 31.9 Å². The molecular weight excluding hydrogens is 328 g/mol. The molecule has 6 heteroatoms. The third-order valence-electron chi connectivity index (χ3n) is 5.54. The molecule has 1 aliphatic carbocycles. The molecule has 1 saturated carbocycles. The van der Waals surface area contributed by atoms with Gasteiger partial charge in [-0.25, -0.2) is 4.98 Å². The van der Waals surface area contributed by atoms with Crippen LogP contribution in [0.15, 0.2) is 24.4 Å². The Morgan fingerprint density at radius 2 is 1.73 bits per heavy atom. The zero-order chi connectivity index (χ0) is 18.2. The Labute approximate surface area is 155 Å². The smallest absolute Gasteiger partial charge is 0.309 e. The third-order valence-corrected chi connectivity index (χ3v) is 5.54. The zero-order valence-corrected chi connectivity index (χ0v) is 15.5. The van der Waals surface area contributed by atoms with Crippen molar-refractivity contribution >= 4 is 17.6 Å². The standard InChI is InChI=1S/C20H30N4O2/c25-19(20(26)23-17-7-3-1-2-4-8-17)22-15-16-10-13-24(14-11-16)18-9-5-6-12-21-18/h5-6,9,12,16-17H,1-4,7-8,10-11,13-15H2,(H,22,25)(H,23,26). The molecule has 2 aliphatic rings. The Kier molecular flexibility index (Phi) is 6.86. The van der Waals surface area contributed by atoms with E-state index < -0.39 is 11.8 Å².